The predicted octanol–water partition coefficient (Wildman–Crippen LogP) is 2.49. The van der Waals surface area contributed by atoms with Crippen molar-refractivity contribution in [2.45, 2.75) is 16.2 Å². The van der Waals surface area contributed by atoms with Crippen LogP contribution in [0.15, 0.2) is 51.7 Å². The molecule has 0 spiro atoms. The van der Waals surface area contributed by atoms with Crippen molar-refractivity contribution < 1.29 is 21.6 Å². The summed E-state index contributed by atoms with van der Waals surface area (Å²) in [5.74, 6) is -0.564. The summed E-state index contributed by atoms with van der Waals surface area (Å²) >= 11 is 6.66. The molecule has 36 heavy (non-hydrogen) atoms. The summed E-state index contributed by atoms with van der Waals surface area (Å²) < 4.78 is 55.6. The minimum atomic E-state index is -4.21. The molecule has 1 fully saturated rings. The molecule has 0 aliphatic carbocycles. The molecular weight excluding hydrogens is 548 g/mol. The van der Waals surface area contributed by atoms with Crippen LogP contribution in [-0.2, 0) is 20.0 Å². The van der Waals surface area contributed by atoms with E-state index in [-0.39, 0.29) is 26.3 Å². The highest BCUT2D eigenvalue weighted by atomic mass is 35.5. The molecule has 4 rings (SSSR count). The summed E-state index contributed by atoms with van der Waals surface area (Å²) in [5.41, 5.74) is 0.758. The van der Waals surface area contributed by atoms with E-state index in [1.807, 2.05) is 11.9 Å². The Kier molecular flexibility index (Phi) is 7.64. The average Bonchev–Trinajstić information content (AvgIpc) is 3.30. The number of likely N-dealkylation sites (N-methyl/N-ethyl adjacent to an activating group) is 1. The first-order valence-electron chi connectivity index (χ1n) is 10.7. The Hall–Kier alpha value is -2.62. The SMILES string of the molecule is Cc1ccc(NS(=O)(=O)c2nnc(NC(=O)c3ccccc3Cl)s2)cc1S(=O)(=O)N1CCN(C)CC1. The molecule has 1 saturated heterocycles. The third-order valence-corrected chi connectivity index (χ3v) is 10.5. The molecule has 2 aromatic carbocycles. The molecule has 1 aromatic heterocycles. The van der Waals surface area contributed by atoms with Crippen LogP contribution in [0.1, 0.15) is 15.9 Å². The summed E-state index contributed by atoms with van der Waals surface area (Å²) in [6, 6.07) is 10.7. The molecule has 0 unspecified atom stereocenters. The number of hydrogen-bond donors (Lipinski definition) is 2. The van der Waals surface area contributed by atoms with Gasteiger partial charge in [0.25, 0.3) is 20.3 Å². The van der Waals surface area contributed by atoms with Crippen LogP contribution in [0.4, 0.5) is 10.8 Å². The van der Waals surface area contributed by atoms with E-state index in [1.54, 1.807) is 25.1 Å². The number of sulfonamides is 2. The molecule has 0 atom stereocenters. The van der Waals surface area contributed by atoms with Crippen LogP contribution in [0.5, 0.6) is 0 Å². The Balaban J connectivity index is 1.52. The van der Waals surface area contributed by atoms with E-state index in [1.165, 1.54) is 28.6 Å². The van der Waals surface area contributed by atoms with Crippen LogP contribution < -0.4 is 10.0 Å². The van der Waals surface area contributed by atoms with Crippen LogP contribution in [-0.4, -0.2) is 75.4 Å². The van der Waals surface area contributed by atoms with Crippen molar-refractivity contribution in [2.24, 2.45) is 0 Å². The van der Waals surface area contributed by atoms with Gasteiger partial charge in [-0.2, -0.15) is 12.7 Å². The largest absolute Gasteiger partial charge is 0.304 e. The standard InChI is InChI=1S/C21H23ClN6O5S3/c1-14-7-8-15(13-18(14)36(32,33)28-11-9-27(2)10-12-28)26-35(30,31)21-25-24-20(34-21)23-19(29)16-5-3-4-6-17(16)22/h3-8,13,26H,9-12H2,1-2H3,(H,23,24,29). The summed E-state index contributed by atoms with van der Waals surface area (Å²) in [6.45, 7) is 3.57. The number of hydrogen-bond acceptors (Lipinski definition) is 9. The molecular formula is C21H23ClN6O5S3. The van der Waals surface area contributed by atoms with E-state index in [9.17, 15) is 21.6 Å². The zero-order valence-corrected chi connectivity index (χ0v) is 22.5. The highest BCUT2D eigenvalue weighted by molar-refractivity contribution is 7.94. The number of aromatic nitrogens is 2. The van der Waals surface area contributed by atoms with Crippen molar-refractivity contribution in [2.75, 3.05) is 43.3 Å². The van der Waals surface area contributed by atoms with Crippen LogP contribution in [0.3, 0.4) is 0 Å². The fourth-order valence-electron chi connectivity index (χ4n) is 3.49. The number of anilines is 2. The molecule has 0 bridgehead atoms. The average molecular weight is 571 g/mol. The maximum absolute atomic E-state index is 13.2. The topological polar surface area (TPSA) is 142 Å². The summed E-state index contributed by atoms with van der Waals surface area (Å²) in [7, 11) is -6.09. The van der Waals surface area contributed by atoms with Gasteiger partial charge in [-0.3, -0.25) is 14.8 Å². The van der Waals surface area contributed by atoms with E-state index in [0.29, 0.717) is 43.1 Å². The number of rotatable bonds is 7. The predicted molar refractivity (Wildman–Crippen MR) is 138 cm³/mol. The van der Waals surface area contributed by atoms with Gasteiger partial charge < -0.3 is 4.90 Å². The summed E-state index contributed by atoms with van der Waals surface area (Å²) in [4.78, 5) is 14.5. The van der Waals surface area contributed by atoms with Crippen molar-refractivity contribution in [3.63, 3.8) is 0 Å². The summed E-state index contributed by atoms with van der Waals surface area (Å²) in [5, 5.41) is 10.1. The molecule has 1 aliphatic rings. The second-order valence-corrected chi connectivity index (χ2v) is 13.2. The molecule has 2 heterocycles. The van der Waals surface area contributed by atoms with E-state index in [0.717, 1.165) is 0 Å². The monoisotopic (exact) mass is 570 g/mol. The Morgan fingerprint density at radius 1 is 1.03 bits per heavy atom. The van der Waals surface area contributed by atoms with Crippen LogP contribution >= 0.6 is 22.9 Å². The first-order valence-corrected chi connectivity index (χ1v) is 14.8. The molecule has 0 saturated carbocycles. The van der Waals surface area contributed by atoms with Gasteiger partial charge in [-0.05, 0) is 43.8 Å². The third-order valence-electron chi connectivity index (χ3n) is 5.50. The fraction of sp³-hybridized carbons (Fsp3) is 0.286. The Bertz CT molecular complexity index is 1500. The first kappa shape index (κ1) is 26.4. The number of carbonyl (C=O) groups is 1. The lowest BCUT2D eigenvalue weighted by Gasteiger charge is -2.32. The molecule has 1 aliphatic heterocycles. The van der Waals surface area contributed by atoms with Gasteiger partial charge in [0, 0.05) is 26.2 Å². The molecule has 1 amide bonds. The zero-order valence-electron chi connectivity index (χ0n) is 19.3. The number of nitrogens with one attached hydrogen (secondary N) is 2. The highest BCUT2D eigenvalue weighted by Gasteiger charge is 2.30. The molecule has 15 heteroatoms. The minimum Gasteiger partial charge on any atom is -0.304 e. The zero-order chi connectivity index (χ0) is 26.1. The lowest BCUT2D eigenvalue weighted by molar-refractivity contribution is 0.102. The van der Waals surface area contributed by atoms with Crippen molar-refractivity contribution in [3.05, 3.63) is 58.6 Å². The lowest BCUT2D eigenvalue weighted by Crippen LogP contribution is -2.47. The lowest BCUT2D eigenvalue weighted by atomic mass is 10.2. The van der Waals surface area contributed by atoms with Gasteiger partial charge >= 0.3 is 0 Å². The van der Waals surface area contributed by atoms with Gasteiger partial charge in [0.1, 0.15) is 0 Å². The molecule has 11 nitrogen and oxygen atoms in total. The Morgan fingerprint density at radius 2 is 1.72 bits per heavy atom. The third kappa shape index (κ3) is 5.68. The normalized spacial score (nSPS) is 15.5. The first-order chi connectivity index (χ1) is 17.0. The van der Waals surface area contributed by atoms with Gasteiger partial charge in [0.2, 0.25) is 15.2 Å². The number of amides is 1. The van der Waals surface area contributed by atoms with Crippen LogP contribution in [0.2, 0.25) is 5.02 Å². The van der Waals surface area contributed by atoms with E-state index < -0.39 is 30.3 Å². The van der Waals surface area contributed by atoms with Gasteiger partial charge in [-0.25, -0.2) is 8.42 Å². The Morgan fingerprint density at radius 3 is 2.42 bits per heavy atom. The molecule has 3 aromatic rings. The number of piperazine rings is 1. The number of benzene rings is 2. The second-order valence-electron chi connectivity index (χ2n) is 8.10. The van der Waals surface area contributed by atoms with Gasteiger partial charge in [0.05, 0.1) is 21.2 Å². The van der Waals surface area contributed by atoms with Crippen LogP contribution in [0.25, 0.3) is 0 Å². The highest BCUT2D eigenvalue weighted by Crippen LogP contribution is 2.28. The van der Waals surface area contributed by atoms with E-state index >= 15 is 0 Å². The van der Waals surface area contributed by atoms with Gasteiger partial charge in [0.15, 0.2) is 0 Å². The van der Waals surface area contributed by atoms with Gasteiger partial charge in [-0.15, -0.1) is 10.2 Å². The number of nitrogens with zero attached hydrogens (tertiary/aromatic N) is 4. The van der Waals surface area contributed by atoms with E-state index in [2.05, 4.69) is 20.2 Å². The number of halogens is 1. The van der Waals surface area contributed by atoms with Gasteiger partial charge in [-0.1, -0.05) is 41.1 Å². The second kappa shape index (κ2) is 10.4. The van der Waals surface area contributed by atoms with Crippen molar-refractivity contribution in [1.82, 2.24) is 19.4 Å². The summed E-state index contributed by atoms with van der Waals surface area (Å²) in [6.07, 6.45) is 0. The molecule has 0 radical (unpaired) electrons. The van der Waals surface area contributed by atoms with Crippen LogP contribution in [0, 0.1) is 6.92 Å². The fourth-order valence-corrected chi connectivity index (χ4v) is 7.33. The maximum atomic E-state index is 13.2. The van der Waals surface area contributed by atoms with E-state index in [4.69, 9.17) is 11.6 Å². The molecule has 192 valence electrons. The van der Waals surface area contributed by atoms with Crippen molar-refractivity contribution in [3.8, 4) is 0 Å². The minimum absolute atomic E-state index is 0.0252. The van der Waals surface area contributed by atoms with Crippen molar-refractivity contribution in [1.29, 1.82) is 0 Å². The maximum Gasteiger partial charge on any atom is 0.291 e. The number of carbonyl (C=O) groups excluding carboxylic acids is 1. The Labute approximate surface area is 218 Å². The smallest absolute Gasteiger partial charge is 0.291 e. The molecule has 2 N–H and O–H groups in total. The van der Waals surface area contributed by atoms with Crippen molar-refractivity contribution >= 4 is 59.7 Å². The quantitative estimate of drug-likeness (QED) is 0.413. The number of aryl methyl sites for hydroxylation is 1.